The number of carbonyl (C=O) groups is 1. The number of furan rings is 1. The Hall–Kier alpha value is -3.36. The number of ether oxygens (including phenoxy) is 1. The van der Waals surface area contributed by atoms with E-state index in [0.29, 0.717) is 22.6 Å². The molecule has 2 atom stereocenters. The fraction of sp³-hybridized carbons (Fsp3) is 0.143. The van der Waals surface area contributed by atoms with Crippen LogP contribution < -0.4 is 4.74 Å². The SMILES string of the molecule is COc1ccc([C@@H](c2ccco2)[C@H](O)C(=O)c2ccc(C#N)cc2)cc1. The van der Waals surface area contributed by atoms with E-state index in [1.807, 2.05) is 6.07 Å². The zero-order chi connectivity index (χ0) is 18.5. The predicted molar refractivity (Wildman–Crippen MR) is 95.0 cm³/mol. The standard InChI is InChI=1S/C21H17NO4/c1-25-17-10-8-15(9-11-17)19(18-3-2-12-26-18)21(24)20(23)16-6-4-14(13-22)5-7-16/h2-12,19,21,24H,1H3/t19-,21-/m0/s1. The maximum atomic E-state index is 12.8. The van der Waals surface area contributed by atoms with Gasteiger partial charge < -0.3 is 14.3 Å². The highest BCUT2D eigenvalue weighted by Gasteiger charge is 2.31. The van der Waals surface area contributed by atoms with E-state index in [0.717, 1.165) is 5.56 Å². The van der Waals surface area contributed by atoms with Crippen LogP contribution in [0.25, 0.3) is 0 Å². The summed E-state index contributed by atoms with van der Waals surface area (Å²) in [6.07, 6.45) is 0.174. The second-order valence-electron chi connectivity index (χ2n) is 5.76. The first-order valence-electron chi connectivity index (χ1n) is 8.04. The number of nitriles is 1. The van der Waals surface area contributed by atoms with Gasteiger partial charge in [-0.3, -0.25) is 4.79 Å². The average molecular weight is 347 g/mol. The van der Waals surface area contributed by atoms with Gasteiger partial charge in [0, 0.05) is 5.56 Å². The van der Waals surface area contributed by atoms with Gasteiger partial charge in [0.15, 0.2) is 5.78 Å². The van der Waals surface area contributed by atoms with Gasteiger partial charge in [-0.1, -0.05) is 12.1 Å². The van der Waals surface area contributed by atoms with Crippen LogP contribution in [0.3, 0.4) is 0 Å². The topological polar surface area (TPSA) is 83.5 Å². The molecule has 1 N–H and O–H groups in total. The van der Waals surface area contributed by atoms with E-state index in [-0.39, 0.29) is 0 Å². The normalized spacial score (nSPS) is 12.8. The lowest BCUT2D eigenvalue weighted by Crippen LogP contribution is -2.28. The first kappa shape index (κ1) is 17.5. The Kier molecular flexibility index (Phi) is 5.16. The molecule has 1 aromatic heterocycles. The maximum Gasteiger partial charge on any atom is 0.192 e. The number of hydrogen-bond donors (Lipinski definition) is 1. The summed E-state index contributed by atoms with van der Waals surface area (Å²) in [6, 6.07) is 18.7. The second kappa shape index (κ2) is 7.68. The van der Waals surface area contributed by atoms with E-state index in [4.69, 9.17) is 14.4 Å². The number of aliphatic hydroxyl groups is 1. The highest BCUT2D eigenvalue weighted by molar-refractivity contribution is 6.00. The van der Waals surface area contributed by atoms with Gasteiger partial charge in [-0.15, -0.1) is 0 Å². The third-order valence-corrected chi connectivity index (χ3v) is 4.21. The summed E-state index contributed by atoms with van der Waals surface area (Å²) in [5, 5.41) is 19.7. The molecule has 0 bridgehead atoms. The first-order valence-corrected chi connectivity index (χ1v) is 8.04. The highest BCUT2D eigenvalue weighted by Crippen LogP contribution is 2.31. The van der Waals surface area contributed by atoms with Gasteiger partial charge in [0.2, 0.25) is 0 Å². The molecule has 0 saturated heterocycles. The van der Waals surface area contributed by atoms with Crippen LogP contribution in [0, 0.1) is 11.3 Å². The maximum absolute atomic E-state index is 12.8. The molecule has 5 heteroatoms. The largest absolute Gasteiger partial charge is 0.497 e. The molecule has 5 nitrogen and oxygen atoms in total. The number of hydrogen-bond acceptors (Lipinski definition) is 5. The molecule has 1 heterocycles. The fourth-order valence-electron chi connectivity index (χ4n) is 2.81. The van der Waals surface area contributed by atoms with Crippen molar-refractivity contribution in [3.05, 3.63) is 89.4 Å². The van der Waals surface area contributed by atoms with Gasteiger partial charge >= 0.3 is 0 Å². The average Bonchev–Trinajstić information content (AvgIpc) is 3.22. The molecule has 0 amide bonds. The number of benzene rings is 2. The summed E-state index contributed by atoms with van der Waals surface area (Å²) in [5.74, 6) is 0.0790. The number of rotatable bonds is 6. The molecular weight excluding hydrogens is 330 g/mol. The molecule has 26 heavy (non-hydrogen) atoms. The zero-order valence-electron chi connectivity index (χ0n) is 14.1. The van der Waals surface area contributed by atoms with Crippen molar-refractivity contribution in [1.82, 2.24) is 0 Å². The third-order valence-electron chi connectivity index (χ3n) is 4.21. The smallest absolute Gasteiger partial charge is 0.192 e. The Bertz CT molecular complexity index is 906. The van der Waals surface area contributed by atoms with Crippen LogP contribution >= 0.6 is 0 Å². The van der Waals surface area contributed by atoms with Crippen molar-refractivity contribution in [3.63, 3.8) is 0 Å². The van der Waals surface area contributed by atoms with Crippen LogP contribution in [0.5, 0.6) is 5.75 Å². The molecule has 0 radical (unpaired) electrons. The summed E-state index contributed by atoms with van der Waals surface area (Å²) >= 11 is 0. The van der Waals surface area contributed by atoms with Gasteiger partial charge in [0.25, 0.3) is 0 Å². The van der Waals surface area contributed by atoms with Crippen molar-refractivity contribution in [1.29, 1.82) is 5.26 Å². The molecule has 3 rings (SSSR count). The van der Waals surface area contributed by atoms with Crippen molar-refractivity contribution >= 4 is 5.78 Å². The minimum absolute atomic E-state index is 0.335. The van der Waals surface area contributed by atoms with Gasteiger partial charge in [0.05, 0.1) is 30.9 Å². The van der Waals surface area contributed by atoms with Gasteiger partial charge in [0.1, 0.15) is 17.6 Å². The number of ketones is 1. The second-order valence-corrected chi connectivity index (χ2v) is 5.76. The summed E-state index contributed by atoms with van der Waals surface area (Å²) in [6.45, 7) is 0. The monoisotopic (exact) mass is 347 g/mol. The molecule has 0 saturated carbocycles. The van der Waals surface area contributed by atoms with Crippen LogP contribution in [-0.2, 0) is 0 Å². The lowest BCUT2D eigenvalue weighted by molar-refractivity contribution is 0.0700. The quantitative estimate of drug-likeness (QED) is 0.690. The number of carbonyl (C=O) groups excluding carboxylic acids is 1. The summed E-state index contributed by atoms with van der Waals surface area (Å²) < 4.78 is 10.6. The molecule has 2 aromatic carbocycles. The number of Topliss-reactive ketones (excluding diaryl/α,β-unsaturated/α-hetero) is 1. The van der Waals surface area contributed by atoms with E-state index in [1.165, 1.54) is 18.4 Å². The van der Waals surface area contributed by atoms with E-state index in [9.17, 15) is 9.90 Å². The summed E-state index contributed by atoms with van der Waals surface area (Å²) in [4.78, 5) is 12.8. The van der Waals surface area contributed by atoms with Crippen molar-refractivity contribution in [2.75, 3.05) is 7.11 Å². The zero-order valence-corrected chi connectivity index (χ0v) is 14.1. The van der Waals surface area contributed by atoms with Crippen molar-refractivity contribution < 1.29 is 19.1 Å². The van der Waals surface area contributed by atoms with Crippen molar-refractivity contribution in [2.24, 2.45) is 0 Å². The molecule has 0 spiro atoms. The number of aliphatic hydroxyl groups excluding tert-OH is 1. The van der Waals surface area contributed by atoms with Gasteiger partial charge in [-0.25, -0.2) is 0 Å². The van der Waals surface area contributed by atoms with Crippen molar-refractivity contribution in [3.8, 4) is 11.8 Å². The molecular formula is C21H17NO4. The Morgan fingerprint density at radius 3 is 2.35 bits per heavy atom. The Morgan fingerprint density at radius 2 is 1.81 bits per heavy atom. The third kappa shape index (κ3) is 3.51. The Morgan fingerprint density at radius 1 is 1.12 bits per heavy atom. The molecule has 0 aliphatic rings. The first-order chi connectivity index (χ1) is 12.6. The Labute approximate surface area is 151 Å². The van der Waals surface area contributed by atoms with Crippen LogP contribution in [0.15, 0.2) is 71.3 Å². The molecule has 0 aliphatic carbocycles. The van der Waals surface area contributed by atoms with Crippen LogP contribution in [-0.4, -0.2) is 24.1 Å². The molecule has 130 valence electrons. The van der Waals surface area contributed by atoms with Gasteiger partial charge in [-0.2, -0.15) is 5.26 Å². The number of nitrogens with zero attached hydrogens (tertiary/aromatic N) is 1. The van der Waals surface area contributed by atoms with Gasteiger partial charge in [-0.05, 0) is 54.1 Å². The summed E-state index contributed by atoms with van der Waals surface area (Å²) in [5.41, 5.74) is 1.52. The van der Waals surface area contributed by atoms with E-state index < -0.39 is 17.8 Å². The van der Waals surface area contributed by atoms with Crippen LogP contribution in [0.2, 0.25) is 0 Å². The van der Waals surface area contributed by atoms with E-state index in [2.05, 4.69) is 0 Å². The number of methoxy groups -OCH3 is 1. The predicted octanol–water partition coefficient (Wildman–Crippen LogP) is 3.54. The minimum Gasteiger partial charge on any atom is -0.497 e. The summed E-state index contributed by atoms with van der Waals surface area (Å²) in [7, 11) is 1.57. The molecule has 0 aliphatic heterocycles. The Balaban J connectivity index is 1.95. The molecule has 0 unspecified atom stereocenters. The highest BCUT2D eigenvalue weighted by atomic mass is 16.5. The lowest BCUT2D eigenvalue weighted by atomic mass is 9.86. The molecule has 3 aromatic rings. The van der Waals surface area contributed by atoms with E-state index in [1.54, 1.807) is 55.6 Å². The van der Waals surface area contributed by atoms with Crippen LogP contribution in [0.4, 0.5) is 0 Å². The van der Waals surface area contributed by atoms with Crippen molar-refractivity contribution in [2.45, 2.75) is 12.0 Å². The lowest BCUT2D eigenvalue weighted by Gasteiger charge is -2.21. The molecule has 0 fully saturated rings. The fourth-order valence-corrected chi connectivity index (χ4v) is 2.81. The minimum atomic E-state index is -1.33. The van der Waals surface area contributed by atoms with E-state index >= 15 is 0 Å². The van der Waals surface area contributed by atoms with Crippen LogP contribution in [0.1, 0.15) is 33.2 Å².